The lowest BCUT2D eigenvalue weighted by molar-refractivity contribution is 0.191. The zero-order chi connectivity index (χ0) is 5.98. The van der Waals surface area contributed by atoms with Crippen LogP contribution in [-0.4, -0.2) is 22.0 Å². The minimum atomic E-state index is 0.588. The van der Waals surface area contributed by atoms with Crippen molar-refractivity contribution in [3.05, 3.63) is 12.5 Å². The summed E-state index contributed by atoms with van der Waals surface area (Å²) in [6, 6.07) is 0. The Morgan fingerprint density at radius 1 is 1.88 bits per heavy atom. The van der Waals surface area contributed by atoms with Crippen molar-refractivity contribution in [3.63, 3.8) is 0 Å². The van der Waals surface area contributed by atoms with E-state index in [2.05, 4.69) is 10.3 Å². The van der Waals surface area contributed by atoms with Crippen LogP contribution in [0.15, 0.2) is 12.5 Å². The van der Waals surface area contributed by atoms with Gasteiger partial charge < -0.3 is 10.5 Å². The maximum absolute atomic E-state index is 8.74. The van der Waals surface area contributed by atoms with Crippen molar-refractivity contribution < 1.29 is 5.21 Å². The number of imidazole rings is 1. The molecule has 4 heteroatoms. The van der Waals surface area contributed by atoms with Crippen molar-refractivity contribution in [2.24, 2.45) is 0 Å². The van der Waals surface area contributed by atoms with Crippen LogP contribution < -0.4 is 5.32 Å². The van der Waals surface area contributed by atoms with Crippen LogP contribution in [0.2, 0.25) is 0 Å². The van der Waals surface area contributed by atoms with Crippen LogP contribution in [0.25, 0.3) is 0 Å². The summed E-state index contributed by atoms with van der Waals surface area (Å²) in [7, 11) is 1.71. The molecule has 44 valence electrons. The predicted octanol–water partition coefficient (Wildman–Crippen LogP) is 0.162. The van der Waals surface area contributed by atoms with Gasteiger partial charge in [0.2, 0.25) is 0 Å². The van der Waals surface area contributed by atoms with E-state index in [-0.39, 0.29) is 0 Å². The largest absolute Gasteiger partial charge is 0.425 e. The van der Waals surface area contributed by atoms with Gasteiger partial charge in [-0.25, -0.2) is 4.98 Å². The summed E-state index contributed by atoms with van der Waals surface area (Å²) in [4.78, 5) is 3.64. The van der Waals surface area contributed by atoms with Crippen LogP contribution in [-0.2, 0) is 0 Å². The Morgan fingerprint density at radius 2 is 2.62 bits per heavy atom. The van der Waals surface area contributed by atoms with Gasteiger partial charge in [-0.15, -0.1) is 0 Å². The van der Waals surface area contributed by atoms with Gasteiger partial charge in [0.25, 0.3) is 0 Å². The second kappa shape index (κ2) is 1.73. The first-order valence-corrected chi connectivity index (χ1v) is 2.24. The molecule has 0 radical (unpaired) electrons. The predicted molar refractivity (Wildman–Crippen MR) is 29.0 cm³/mol. The zero-order valence-electron chi connectivity index (χ0n) is 4.50. The van der Waals surface area contributed by atoms with E-state index in [4.69, 9.17) is 5.21 Å². The van der Waals surface area contributed by atoms with E-state index in [9.17, 15) is 0 Å². The highest BCUT2D eigenvalue weighted by Gasteiger charge is 1.91. The molecule has 8 heavy (non-hydrogen) atoms. The van der Waals surface area contributed by atoms with Crippen LogP contribution in [0.4, 0.5) is 5.82 Å². The maximum atomic E-state index is 8.74. The molecule has 4 nitrogen and oxygen atoms in total. The van der Waals surface area contributed by atoms with Gasteiger partial charge in [0.15, 0.2) is 5.82 Å². The molecule has 0 unspecified atom stereocenters. The van der Waals surface area contributed by atoms with Crippen LogP contribution in [0.5, 0.6) is 0 Å². The second-order valence-electron chi connectivity index (χ2n) is 1.37. The normalized spacial score (nSPS) is 9.12. The lowest BCUT2D eigenvalue weighted by Gasteiger charge is -1.94. The molecule has 0 bridgehead atoms. The fourth-order valence-corrected chi connectivity index (χ4v) is 0.468. The van der Waals surface area contributed by atoms with E-state index in [1.54, 1.807) is 7.05 Å². The summed E-state index contributed by atoms with van der Waals surface area (Å²) in [6.45, 7) is 0. The number of rotatable bonds is 1. The fraction of sp³-hybridized carbons (Fsp3) is 0.250. The first-order valence-electron chi connectivity index (χ1n) is 2.24. The third-order valence-corrected chi connectivity index (χ3v) is 0.876. The minimum absolute atomic E-state index is 0.588. The Bertz CT molecular complexity index is 172. The van der Waals surface area contributed by atoms with Crippen molar-refractivity contribution in [2.75, 3.05) is 12.4 Å². The van der Waals surface area contributed by atoms with Crippen LogP contribution in [0.3, 0.4) is 0 Å². The van der Waals surface area contributed by atoms with Crippen molar-refractivity contribution in [2.45, 2.75) is 0 Å². The van der Waals surface area contributed by atoms with E-state index in [0.29, 0.717) is 5.82 Å². The van der Waals surface area contributed by atoms with Crippen LogP contribution in [0, 0.1) is 0 Å². The van der Waals surface area contributed by atoms with Crippen molar-refractivity contribution in [1.29, 1.82) is 0 Å². The quantitative estimate of drug-likeness (QED) is 0.510. The monoisotopic (exact) mass is 113 g/mol. The minimum Gasteiger partial charge on any atom is -0.425 e. The molecule has 1 rings (SSSR count). The molecule has 0 aliphatic carbocycles. The average Bonchev–Trinajstić information content (AvgIpc) is 2.14. The summed E-state index contributed by atoms with van der Waals surface area (Å²) < 4.78 is 0.917. The standard InChI is InChI=1S/C4H7N3O/c1-5-4-2-6-3-7(4)8/h2-3,5,8H,1H3. The molecule has 0 saturated carbocycles. The van der Waals surface area contributed by atoms with E-state index < -0.39 is 0 Å². The third kappa shape index (κ3) is 0.598. The number of hydrogen-bond acceptors (Lipinski definition) is 3. The summed E-state index contributed by atoms with van der Waals surface area (Å²) >= 11 is 0. The molecule has 0 atom stereocenters. The van der Waals surface area contributed by atoms with Gasteiger partial charge >= 0.3 is 0 Å². The first kappa shape index (κ1) is 4.96. The van der Waals surface area contributed by atoms with Crippen molar-refractivity contribution in [1.82, 2.24) is 9.71 Å². The Labute approximate surface area is 46.7 Å². The smallest absolute Gasteiger partial charge is 0.162 e. The van der Waals surface area contributed by atoms with Gasteiger partial charge in [-0.3, -0.25) is 0 Å². The van der Waals surface area contributed by atoms with E-state index in [1.807, 2.05) is 0 Å². The molecule has 0 aliphatic heterocycles. The molecule has 0 fully saturated rings. The van der Waals surface area contributed by atoms with E-state index >= 15 is 0 Å². The second-order valence-corrected chi connectivity index (χ2v) is 1.37. The molecular formula is C4H7N3O. The number of anilines is 1. The van der Waals surface area contributed by atoms with Gasteiger partial charge in [0.05, 0.1) is 6.20 Å². The summed E-state index contributed by atoms with van der Waals surface area (Å²) in [6.07, 6.45) is 2.84. The van der Waals surface area contributed by atoms with Crippen molar-refractivity contribution in [3.8, 4) is 0 Å². The van der Waals surface area contributed by atoms with Gasteiger partial charge in [-0.2, -0.15) is 4.73 Å². The molecule has 0 aliphatic rings. The highest BCUT2D eigenvalue weighted by atomic mass is 16.5. The number of nitrogens with zero attached hydrogens (tertiary/aromatic N) is 2. The Morgan fingerprint density at radius 3 is 2.88 bits per heavy atom. The van der Waals surface area contributed by atoms with Gasteiger partial charge in [0, 0.05) is 7.05 Å². The van der Waals surface area contributed by atoms with Crippen LogP contribution >= 0.6 is 0 Å². The van der Waals surface area contributed by atoms with Gasteiger partial charge in [-0.05, 0) is 0 Å². The molecule has 0 spiro atoms. The number of aromatic nitrogens is 2. The summed E-state index contributed by atoms with van der Waals surface area (Å²) in [5.41, 5.74) is 0. The molecule has 0 amide bonds. The molecule has 1 aromatic rings. The van der Waals surface area contributed by atoms with Crippen LogP contribution in [0.1, 0.15) is 0 Å². The van der Waals surface area contributed by atoms with Gasteiger partial charge in [-0.1, -0.05) is 0 Å². The molecular weight excluding hydrogens is 106 g/mol. The molecule has 1 heterocycles. The molecule has 1 aromatic heterocycles. The molecule has 0 aromatic carbocycles. The lowest BCUT2D eigenvalue weighted by atomic mass is 10.8. The third-order valence-electron chi connectivity index (χ3n) is 0.876. The fourth-order valence-electron chi connectivity index (χ4n) is 0.468. The summed E-state index contributed by atoms with van der Waals surface area (Å²) in [5.74, 6) is 0.588. The average molecular weight is 113 g/mol. The zero-order valence-corrected chi connectivity index (χ0v) is 4.50. The lowest BCUT2D eigenvalue weighted by Crippen LogP contribution is -1.95. The molecule has 2 N–H and O–H groups in total. The number of nitrogens with one attached hydrogen (secondary N) is 1. The Hall–Kier alpha value is -1.19. The summed E-state index contributed by atoms with van der Waals surface area (Å²) in [5, 5.41) is 11.5. The van der Waals surface area contributed by atoms with Crippen molar-refractivity contribution >= 4 is 5.82 Å². The highest BCUT2D eigenvalue weighted by molar-refractivity contribution is 5.29. The maximum Gasteiger partial charge on any atom is 0.162 e. The number of hydrogen-bond donors (Lipinski definition) is 2. The Kier molecular flexibility index (Phi) is 1.07. The molecule has 0 saturated heterocycles. The Balaban J connectivity index is 2.92. The SMILES string of the molecule is CNc1cncn1O. The highest BCUT2D eigenvalue weighted by Crippen LogP contribution is 1.98. The van der Waals surface area contributed by atoms with Gasteiger partial charge in [0.1, 0.15) is 6.33 Å². The van der Waals surface area contributed by atoms with E-state index in [1.165, 1.54) is 12.5 Å². The topological polar surface area (TPSA) is 50.1 Å². The van der Waals surface area contributed by atoms with E-state index in [0.717, 1.165) is 4.73 Å². The first-order chi connectivity index (χ1) is 3.84.